The predicted molar refractivity (Wildman–Crippen MR) is 91.0 cm³/mol. The van der Waals surface area contributed by atoms with Crippen LogP contribution in [0.1, 0.15) is 18.4 Å². The molecule has 136 valence electrons. The number of benzene rings is 1. The van der Waals surface area contributed by atoms with Crippen LogP contribution in [0.2, 0.25) is 0 Å². The van der Waals surface area contributed by atoms with Gasteiger partial charge in [0.05, 0.1) is 26.1 Å². The normalized spacial score (nSPS) is 21.3. The van der Waals surface area contributed by atoms with Gasteiger partial charge < -0.3 is 14.4 Å². The van der Waals surface area contributed by atoms with Crippen LogP contribution in [-0.2, 0) is 16.0 Å². The Morgan fingerprint density at radius 1 is 1.31 bits per heavy atom. The highest BCUT2D eigenvalue weighted by molar-refractivity contribution is 5.80. The summed E-state index contributed by atoms with van der Waals surface area (Å²) >= 11 is 0. The number of ether oxygens (including phenoxy) is 2. The van der Waals surface area contributed by atoms with Crippen molar-refractivity contribution in [3.8, 4) is 6.01 Å². The van der Waals surface area contributed by atoms with Crippen molar-refractivity contribution in [1.82, 2.24) is 14.9 Å². The van der Waals surface area contributed by atoms with Gasteiger partial charge in [-0.2, -0.15) is 0 Å². The summed E-state index contributed by atoms with van der Waals surface area (Å²) in [5, 5.41) is 0. The highest BCUT2D eigenvalue weighted by Crippen LogP contribution is 2.35. The van der Waals surface area contributed by atoms with Gasteiger partial charge in [0.1, 0.15) is 17.5 Å². The molecule has 2 saturated heterocycles. The summed E-state index contributed by atoms with van der Waals surface area (Å²) in [5.41, 5.74) is 0.331. The molecule has 0 unspecified atom stereocenters. The third kappa shape index (κ3) is 3.67. The number of aromatic nitrogens is 2. The maximum atomic E-state index is 13.3. The van der Waals surface area contributed by atoms with Gasteiger partial charge in [-0.3, -0.25) is 4.79 Å². The number of carbonyl (C=O) groups excluding carboxylic acids is 1. The van der Waals surface area contributed by atoms with Gasteiger partial charge in [-0.25, -0.2) is 14.4 Å². The van der Waals surface area contributed by atoms with E-state index in [1.54, 1.807) is 35.5 Å². The number of carbonyl (C=O) groups is 1. The molecule has 2 aliphatic heterocycles. The molecule has 0 radical (unpaired) electrons. The van der Waals surface area contributed by atoms with Crippen molar-refractivity contribution in [3.63, 3.8) is 0 Å². The van der Waals surface area contributed by atoms with Gasteiger partial charge in [0, 0.05) is 25.2 Å². The Morgan fingerprint density at radius 3 is 2.88 bits per heavy atom. The second-order valence-corrected chi connectivity index (χ2v) is 6.85. The lowest BCUT2D eigenvalue weighted by molar-refractivity contribution is -0.193. The van der Waals surface area contributed by atoms with Crippen LogP contribution in [-0.4, -0.2) is 52.2 Å². The summed E-state index contributed by atoms with van der Waals surface area (Å²) in [6, 6.07) is 8.26. The van der Waals surface area contributed by atoms with E-state index < -0.39 is 0 Å². The largest absolute Gasteiger partial charge is 0.460 e. The Bertz CT molecular complexity index is 781. The smallest absolute Gasteiger partial charge is 0.316 e. The molecule has 1 aromatic carbocycles. The number of nitrogens with zero attached hydrogens (tertiary/aromatic N) is 3. The van der Waals surface area contributed by atoms with Gasteiger partial charge in [-0.15, -0.1) is 0 Å². The van der Waals surface area contributed by atoms with Gasteiger partial charge in [0.25, 0.3) is 0 Å². The lowest BCUT2D eigenvalue weighted by Crippen LogP contribution is -2.67. The molecule has 0 N–H and O–H groups in total. The Morgan fingerprint density at radius 2 is 2.12 bits per heavy atom. The number of amides is 1. The van der Waals surface area contributed by atoms with E-state index in [2.05, 4.69) is 9.97 Å². The van der Waals surface area contributed by atoms with Crippen molar-refractivity contribution in [2.75, 3.05) is 19.7 Å². The summed E-state index contributed by atoms with van der Waals surface area (Å²) in [6.07, 6.45) is 4.95. The Hall–Kier alpha value is -2.54. The summed E-state index contributed by atoms with van der Waals surface area (Å²) < 4.78 is 25.0. The molecule has 2 aliphatic rings. The zero-order chi connectivity index (χ0) is 18.0. The first-order valence-corrected chi connectivity index (χ1v) is 8.72. The topological polar surface area (TPSA) is 64.6 Å². The third-order valence-corrected chi connectivity index (χ3v) is 4.82. The summed E-state index contributed by atoms with van der Waals surface area (Å²) in [7, 11) is 0. The fraction of sp³-hybridized carbons (Fsp3) is 0.421. The molecule has 6 nitrogen and oxygen atoms in total. The minimum Gasteiger partial charge on any atom is -0.460 e. The van der Waals surface area contributed by atoms with E-state index in [-0.39, 0.29) is 29.9 Å². The van der Waals surface area contributed by atoms with Crippen LogP contribution in [0.4, 0.5) is 4.39 Å². The number of hydrogen-bond acceptors (Lipinski definition) is 5. The van der Waals surface area contributed by atoms with Crippen LogP contribution in [0.3, 0.4) is 0 Å². The molecule has 1 amide bonds. The molecule has 1 aromatic heterocycles. The molecule has 7 heteroatoms. The predicted octanol–water partition coefficient (Wildman–Crippen LogP) is 2.00. The quantitative estimate of drug-likeness (QED) is 0.837. The van der Waals surface area contributed by atoms with Crippen LogP contribution in [0.25, 0.3) is 0 Å². The van der Waals surface area contributed by atoms with E-state index in [1.807, 2.05) is 0 Å². The SMILES string of the molecule is O=C(Cc1cccc(F)c1)N1CC2(C[C@H](Oc3ncccn3)CCO2)C1. The highest BCUT2D eigenvalue weighted by atomic mass is 19.1. The van der Waals surface area contributed by atoms with Crippen LogP contribution >= 0.6 is 0 Å². The molecule has 1 atom stereocenters. The van der Waals surface area contributed by atoms with E-state index >= 15 is 0 Å². The average Bonchev–Trinajstić information content (AvgIpc) is 2.60. The summed E-state index contributed by atoms with van der Waals surface area (Å²) in [5.74, 6) is -0.339. The van der Waals surface area contributed by atoms with Crippen LogP contribution in [0.5, 0.6) is 6.01 Å². The average molecular weight is 357 g/mol. The maximum absolute atomic E-state index is 13.3. The lowest BCUT2D eigenvalue weighted by Gasteiger charge is -2.52. The number of hydrogen-bond donors (Lipinski definition) is 0. The van der Waals surface area contributed by atoms with E-state index in [1.165, 1.54) is 12.1 Å². The van der Waals surface area contributed by atoms with E-state index in [0.29, 0.717) is 37.7 Å². The molecule has 2 fully saturated rings. The van der Waals surface area contributed by atoms with Gasteiger partial charge in [-0.05, 0) is 23.8 Å². The van der Waals surface area contributed by atoms with Gasteiger partial charge in [0.15, 0.2) is 0 Å². The second kappa shape index (κ2) is 6.99. The number of halogens is 1. The first kappa shape index (κ1) is 16.9. The molecule has 3 heterocycles. The number of rotatable bonds is 4. The summed E-state index contributed by atoms with van der Waals surface area (Å²) in [6.45, 7) is 1.66. The Kier molecular flexibility index (Phi) is 4.55. The Labute approximate surface area is 151 Å². The molecule has 0 aliphatic carbocycles. The van der Waals surface area contributed by atoms with Crippen LogP contribution in [0, 0.1) is 5.82 Å². The van der Waals surface area contributed by atoms with E-state index in [0.717, 1.165) is 6.42 Å². The van der Waals surface area contributed by atoms with E-state index in [4.69, 9.17) is 9.47 Å². The van der Waals surface area contributed by atoms with Crippen molar-refractivity contribution in [2.24, 2.45) is 0 Å². The highest BCUT2D eigenvalue weighted by Gasteiger charge is 2.49. The van der Waals surface area contributed by atoms with Crippen molar-refractivity contribution in [2.45, 2.75) is 31.0 Å². The zero-order valence-corrected chi connectivity index (χ0v) is 14.3. The molecular formula is C19H20FN3O3. The van der Waals surface area contributed by atoms with Gasteiger partial charge in [-0.1, -0.05) is 12.1 Å². The molecule has 2 aromatic rings. The standard InChI is InChI=1S/C19H20FN3O3/c20-15-4-1-3-14(9-15)10-17(24)23-12-19(13-23)11-16(5-8-25-19)26-18-21-6-2-7-22-18/h1-4,6-7,9,16H,5,8,10-13H2/t16-/m1/s1. The zero-order valence-electron chi connectivity index (χ0n) is 14.3. The molecule has 26 heavy (non-hydrogen) atoms. The van der Waals surface area contributed by atoms with E-state index in [9.17, 15) is 9.18 Å². The van der Waals surface area contributed by atoms with Gasteiger partial charge in [0.2, 0.25) is 5.91 Å². The van der Waals surface area contributed by atoms with Crippen molar-refractivity contribution < 1.29 is 18.7 Å². The van der Waals surface area contributed by atoms with Gasteiger partial charge >= 0.3 is 6.01 Å². The Balaban J connectivity index is 1.31. The monoisotopic (exact) mass is 357 g/mol. The van der Waals surface area contributed by atoms with Crippen LogP contribution in [0.15, 0.2) is 42.7 Å². The first-order valence-electron chi connectivity index (χ1n) is 8.72. The molecule has 0 bridgehead atoms. The fourth-order valence-corrected chi connectivity index (χ4v) is 3.56. The summed E-state index contributed by atoms with van der Waals surface area (Å²) in [4.78, 5) is 22.3. The molecule has 1 spiro atoms. The number of likely N-dealkylation sites (tertiary alicyclic amines) is 1. The van der Waals surface area contributed by atoms with Crippen molar-refractivity contribution in [3.05, 3.63) is 54.1 Å². The third-order valence-electron chi connectivity index (χ3n) is 4.82. The van der Waals surface area contributed by atoms with Crippen LogP contribution < -0.4 is 4.74 Å². The molecule has 0 saturated carbocycles. The fourth-order valence-electron chi connectivity index (χ4n) is 3.56. The molecular weight excluding hydrogens is 337 g/mol. The minimum absolute atomic E-state index is 0.0146. The second-order valence-electron chi connectivity index (χ2n) is 6.85. The van der Waals surface area contributed by atoms with Crippen molar-refractivity contribution >= 4 is 5.91 Å². The van der Waals surface area contributed by atoms with Crippen molar-refractivity contribution in [1.29, 1.82) is 0 Å². The molecule has 4 rings (SSSR count). The lowest BCUT2D eigenvalue weighted by atomic mass is 9.84. The minimum atomic E-state index is -0.352. The first-order chi connectivity index (χ1) is 12.6. The maximum Gasteiger partial charge on any atom is 0.316 e.